The number of likely N-dealkylation sites (N-methyl/N-ethyl adjacent to an activating group) is 1. The minimum absolute atomic E-state index is 0.158. The molecule has 2 heterocycles. The molecule has 1 saturated carbocycles. The maximum absolute atomic E-state index is 12.1. The summed E-state index contributed by atoms with van der Waals surface area (Å²) in [5, 5.41) is 0. The van der Waals surface area contributed by atoms with Gasteiger partial charge in [0.2, 0.25) is 5.91 Å². The third kappa shape index (κ3) is 4.06. The molecule has 132 valence electrons. The number of rotatable bonds is 8. The molecule has 1 amide bonds. The molecule has 0 aromatic carbocycles. The lowest BCUT2D eigenvalue weighted by molar-refractivity contribution is -0.162. The standard InChI is InChI=1S/C18H32N2O3/c1-14(2)15-7-18(8-15)12-20(13-18)17(21)11-22-5-4-6-23-16-9-19(3)10-16/h14-16H,4-13H2,1-3H3. The topological polar surface area (TPSA) is 42.0 Å². The van der Waals surface area contributed by atoms with E-state index >= 15 is 0 Å². The van der Waals surface area contributed by atoms with Gasteiger partial charge in [0.25, 0.3) is 0 Å². The molecule has 0 bridgehead atoms. The van der Waals surface area contributed by atoms with Gasteiger partial charge in [-0.2, -0.15) is 0 Å². The zero-order valence-electron chi connectivity index (χ0n) is 14.9. The zero-order valence-corrected chi connectivity index (χ0v) is 14.9. The van der Waals surface area contributed by atoms with E-state index in [4.69, 9.17) is 9.47 Å². The summed E-state index contributed by atoms with van der Waals surface area (Å²) in [5.41, 5.74) is 0.467. The molecule has 0 N–H and O–H groups in total. The molecule has 23 heavy (non-hydrogen) atoms. The maximum Gasteiger partial charge on any atom is 0.248 e. The Kier molecular flexibility index (Phi) is 5.29. The van der Waals surface area contributed by atoms with E-state index in [1.807, 2.05) is 4.90 Å². The van der Waals surface area contributed by atoms with E-state index in [2.05, 4.69) is 25.8 Å². The quantitative estimate of drug-likeness (QED) is 0.636. The van der Waals surface area contributed by atoms with Gasteiger partial charge in [-0.25, -0.2) is 0 Å². The number of ether oxygens (including phenoxy) is 2. The Labute approximate surface area is 140 Å². The monoisotopic (exact) mass is 324 g/mol. The van der Waals surface area contributed by atoms with Gasteiger partial charge in [-0.3, -0.25) is 4.79 Å². The van der Waals surface area contributed by atoms with Crippen molar-refractivity contribution in [2.45, 2.75) is 39.2 Å². The Morgan fingerprint density at radius 1 is 1.22 bits per heavy atom. The largest absolute Gasteiger partial charge is 0.375 e. The molecule has 1 aliphatic carbocycles. The number of carbonyl (C=O) groups excluding carboxylic acids is 1. The maximum atomic E-state index is 12.1. The number of likely N-dealkylation sites (tertiary alicyclic amines) is 2. The van der Waals surface area contributed by atoms with Crippen LogP contribution in [0.1, 0.15) is 33.1 Å². The summed E-state index contributed by atoms with van der Waals surface area (Å²) in [6.45, 7) is 10.2. The lowest BCUT2D eigenvalue weighted by atomic mass is 9.55. The van der Waals surface area contributed by atoms with Crippen LogP contribution in [0.3, 0.4) is 0 Å². The molecule has 2 aliphatic heterocycles. The van der Waals surface area contributed by atoms with E-state index in [0.29, 0.717) is 18.1 Å². The third-order valence-corrected chi connectivity index (χ3v) is 5.78. The summed E-state index contributed by atoms with van der Waals surface area (Å²) in [6.07, 6.45) is 3.88. The van der Waals surface area contributed by atoms with Crippen molar-refractivity contribution in [3.05, 3.63) is 0 Å². The first-order chi connectivity index (χ1) is 11.0. The minimum Gasteiger partial charge on any atom is -0.375 e. The smallest absolute Gasteiger partial charge is 0.248 e. The van der Waals surface area contributed by atoms with Gasteiger partial charge in [0.05, 0.1) is 6.10 Å². The SMILES string of the molecule is CC(C)C1CC2(C1)CN(C(=O)COCCCOC1CN(C)C1)C2. The molecule has 1 spiro atoms. The molecule has 0 radical (unpaired) electrons. The van der Waals surface area contributed by atoms with E-state index < -0.39 is 0 Å². The molecule has 2 saturated heterocycles. The van der Waals surface area contributed by atoms with Crippen LogP contribution in [0.2, 0.25) is 0 Å². The molecular formula is C18H32N2O3. The van der Waals surface area contributed by atoms with Gasteiger partial charge < -0.3 is 19.3 Å². The Balaban J connectivity index is 1.18. The second-order valence-electron chi connectivity index (χ2n) is 8.28. The molecule has 5 heteroatoms. The molecule has 0 unspecified atom stereocenters. The van der Waals surface area contributed by atoms with Crippen LogP contribution in [0, 0.1) is 17.3 Å². The summed E-state index contributed by atoms with van der Waals surface area (Å²) in [5.74, 6) is 1.82. The van der Waals surface area contributed by atoms with Gasteiger partial charge >= 0.3 is 0 Å². The van der Waals surface area contributed by atoms with E-state index in [9.17, 15) is 4.79 Å². The molecule has 0 atom stereocenters. The second kappa shape index (κ2) is 7.08. The van der Waals surface area contributed by atoms with Crippen LogP contribution in [0.4, 0.5) is 0 Å². The van der Waals surface area contributed by atoms with Gasteiger partial charge in [0.15, 0.2) is 0 Å². The van der Waals surface area contributed by atoms with Crippen LogP contribution in [-0.4, -0.2) is 74.9 Å². The number of hydrogen-bond acceptors (Lipinski definition) is 4. The Bertz CT molecular complexity index is 406. The van der Waals surface area contributed by atoms with Crippen LogP contribution in [0.25, 0.3) is 0 Å². The number of nitrogens with zero attached hydrogens (tertiary/aromatic N) is 2. The van der Waals surface area contributed by atoms with Gasteiger partial charge in [0.1, 0.15) is 6.61 Å². The molecule has 3 fully saturated rings. The van der Waals surface area contributed by atoms with E-state index in [-0.39, 0.29) is 12.5 Å². The lowest BCUT2D eigenvalue weighted by Crippen LogP contribution is -2.64. The van der Waals surface area contributed by atoms with Crippen LogP contribution in [-0.2, 0) is 14.3 Å². The van der Waals surface area contributed by atoms with Gasteiger partial charge in [-0.05, 0) is 38.1 Å². The first-order valence-electron chi connectivity index (χ1n) is 9.13. The number of amides is 1. The summed E-state index contributed by atoms with van der Waals surface area (Å²) in [6, 6.07) is 0. The van der Waals surface area contributed by atoms with Crippen molar-refractivity contribution in [3.8, 4) is 0 Å². The Morgan fingerprint density at radius 3 is 2.52 bits per heavy atom. The van der Waals surface area contributed by atoms with Gasteiger partial charge in [-0.15, -0.1) is 0 Å². The highest BCUT2D eigenvalue weighted by Crippen LogP contribution is 2.54. The van der Waals surface area contributed by atoms with Crippen molar-refractivity contribution in [2.24, 2.45) is 17.3 Å². The highest BCUT2D eigenvalue weighted by molar-refractivity contribution is 5.78. The lowest BCUT2D eigenvalue weighted by Gasteiger charge is -2.60. The van der Waals surface area contributed by atoms with Crippen LogP contribution >= 0.6 is 0 Å². The van der Waals surface area contributed by atoms with Crippen LogP contribution in [0.5, 0.6) is 0 Å². The molecule has 3 rings (SSSR count). The van der Waals surface area contributed by atoms with Crippen LogP contribution in [0.15, 0.2) is 0 Å². The molecule has 5 nitrogen and oxygen atoms in total. The first kappa shape index (κ1) is 17.2. The Morgan fingerprint density at radius 2 is 1.91 bits per heavy atom. The molecular weight excluding hydrogens is 292 g/mol. The summed E-state index contributed by atoms with van der Waals surface area (Å²) in [4.78, 5) is 16.3. The second-order valence-corrected chi connectivity index (χ2v) is 8.28. The van der Waals surface area contributed by atoms with E-state index in [1.54, 1.807) is 0 Å². The third-order valence-electron chi connectivity index (χ3n) is 5.78. The van der Waals surface area contributed by atoms with E-state index in [0.717, 1.165) is 51.0 Å². The minimum atomic E-state index is 0.158. The van der Waals surface area contributed by atoms with Crippen molar-refractivity contribution in [2.75, 3.05) is 53.0 Å². The normalized spacial score (nSPS) is 24.6. The van der Waals surface area contributed by atoms with Crippen molar-refractivity contribution >= 4 is 5.91 Å². The van der Waals surface area contributed by atoms with Crippen LogP contribution < -0.4 is 0 Å². The van der Waals surface area contributed by atoms with Crippen molar-refractivity contribution in [3.63, 3.8) is 0 Å². The number of hydrogen-bond donors (Lipinski definition) is 0. The fraction of sp³-hybridized carbons (Fsp3) is 0.944. The predicted molar refractivity (Wildman–Crippen MR) is 89.2 cm³/mol. The fourth-order valence-corrected chi connectivity index (χ4v) is 4.13. The first-order valence-corrected chi connectivity index (χ1v) is 9.13. The van der Waals surface area contributed by atoms with E-state index in [1.165, 1.54) is 12.8 Å². The average Bonchev–Trinajstić information content (AvgIpc) is 2.36. The summed E-state index contributed by atoms with van der Waals surface area (Å²) >= 11 is 0. The summed E-state index contributed by atoms with van der Waals surface area (Å²) in [7, 11) is 2.10. The Hall–Kier alpha value is -0.650. The summed E-state index contributed by atoms with van der Waals surface area (Å²) < 4.78 is 11.2. The highest BCUT2D eigenvalue weighted by atomic mass is 16.5. The van der Waals surface area contributed by atoms with Crippen molar-refractivity contribution < 1.29 is 14.3 Å². The highest BCUT2D eigenvalue weighted by Gasteiger charge is 2.53. The molecule has 0 aromatic rings. The predicted octanol–water partition coefficient (Wildman–Crippen LogP) is 1.62. The van der Waals surface area contributed by atoms with Gasteiger partial charge in [0, 0.05) is 44.8 Å². The molecule has 3 aliphatic rings. The molecule has 0 aromatic heterocycles. The number of carbonyl (C=O) groups is 1. The van der Waals surface area contributed by atoms with Crippen molar-refractivity contribution in [1.82, 2.24) is 9.80 Å². The van der Waals surface area contributed by atoms with Gasteiger partial charge in [-0.1, -0.05) is 13.8 Å². The zero-order chi connectivity index (χ0) is 16.4. The van der Waals surface area contributed by atoms with Crippen molar-refractivity contribution in [1.29, 1.82) is 0 Å². The fourth-order valence-electron chi connectivity index (χ4n) is 4.13. The average molecular weight is 324 g/mol.